The topological polar surface area (TPSA) is 20.3 Å². The predicted molar refractivity (Wildman–Crippen MR) is 75.6 cm³/mol. The Hall–Kier alpha value is -2.16. The lowest BCUT2D eigenvalue weighted by Crippen LogP contribution is -2.16. The van der Waals surface area contributed by atoms with Crippen LogP contribution in [0.25, 0.3) is 0 Å². The summed E-state index contributed by atoms with van der Waals surface area (Å²) in [5.74, 6) is -0.534. The lowest BCUT2D eigenvalue weighted by molar-refractivity contribution is 0.101. The van der Waals surface area contributed by atoms with Crippen LogP contribution in [0.1, 0.15) is 22.8 Å². The Morgan fingerprint density at radius 3 is 2.42 bits per heavy atom. The summed E-state index contributed by atoms with van der Waals surface area (Å²) < 4.78 is 14.1. The first-order valence-electron chi connectivity index (χ1n) is 6.11. The molecule has 2 nitrogen and oxygen atoms in total. The number of benzene rings is 2. The maximum atomic E-state index is 14.1. The number of hydrogen-bond donors (Lipinski definition) is 0. The molecule has 0 saturated carbocycles. The van der Waals surface area contributed by atoms with Gasteiger partial charge in [-0.2, -0.15) is 0 Å². The van der Waals surface area contributed by atoms with Crippen LogP contribution < -0.4 is 4.90 Å². The maximum absolute atomic E-state index is 14.1. The molecule has 0 heterocycles. The third-order valence-electron chi connectivity index (χ3n) is 3.18. The Labute approximate surface area is 112 Å². The number of rotatable bonds is 3. The van der Waals surface area contributed by atoms with Crippen molar-refractivity contribution in [3.05, 3.63) is 59.4 Å². The smallest absolute Gasteiger partial charge is 0.162 e. The van der Waals surface area contributed by atoms with Gasteiger partial charge in [-0.05, 0) is 37.6 Å². The van der Waals surface area contributed by atoms with E-state index in [1.165, 1.54) is 13.0 Å². The van der Waals surface area contributed by atoms with Crippen molar-refractivity contribution in [3.63, 3.8) is 0 Å². The highest BCUT2D eigenvalue weighted by atomic mass is 19.1. The Bertz CT molecular complexity index is 622. The fourth-order valence-electron chi connectivity index (χ4n) is 2.20. The van der Waals surface area contributed by atoms with Crippen molar-refractivity contribution in [2.75, 3.05) is 11.9 Å². The van der Waals surface area contributed by atoms with Gasteiger partial charge in [0.2, 0.25) is 0 Å². The summed E-state index contributed by atoms with van der Waals surface area (Å²) in [7, 11) is 1.77. The number of ketones is 1. The van der Waals surface area contributed by atoms with E-state index in [0.717, 1.165) is 11.3 Å². The summed E-state index contributed by atoms with van der Waals surface area (Å²) in [5.41, 5.74) is 2.63. The number of halogens is 1. The summed E-state index contributed by atoms with van der Waals surface area (Å²) in [6.45, 7) is 3.41. The molecule has 0 atom stereocenters. The maximum Gasteiger partial charge on any atom is 0.162 e. The van der Waals surface area contributed by atoms with E-state index in [0.29, 0.717) is 11.3 Å². The normalized spacial score (nSPS) is 10.3. The van der Waals surface area contributed by atoms with Crippen LogP contribution in [0, 0.1) is 12.7 Å². The van der Waals surface area contributed by atoms with Crippen molar-refractivity contribution >= 4 is 17.2 Å². The van der Waals surface area contributed by atoms with E-state index >= 15 is 0 Å². The van der Waals surface area contributed by atoms with Gasteiger partial charge in [-0.15, -0.1) is 0 Å². The number of anilines is 2. The molecule has 0 bridgehead atoms. The largest absolute Gasteiger partial charge is 0.341 e. The monoisotopic (exact) mass is 257 g/mol. The van der Waals surface area contributed by atoms with E-state index in [9.17, 15) is 9.18 Å². The zero-order valence-corrected chi connectivity index (χ0v) is 11.3. The summed E-state index contributed by atoms with van der Waals surface area (Å²) in [6.07, 6.45) is 0. The third-order valence-corrected chi connectivity index (χ3v) is 3.18. The van der Waals surface area contributed by atoms with Crippen molar-refractivity contribution < 1.29 is 9.18 Å². The van der Waals surface area contributed by atoms with E-state index in [1.54, 1.807) is 24.1 Å². The molecule has 0 spiro atoms. The molecule has 0 radical (unpaired) electrons. The van der Waals surface area contributed by atoms with E-state index in [-0.39, 0.29) is 5.78 Å². The lowest BCUT2D eigenvalue weighted by atomic mass is 10.1. The molecule has 0 fully saturated rings. The molecule has 3 heteroatoms. The summed E-state index contributed by atoms with van der Waals surface area (Å²) in [4.78, 5) is 13.4. The van der Waals surface area contributed by atoms with E-state index in [1.807, 2.05) is 31.2 Å². The van der Waals surface area contributed by atoms with E-state index in [2.05, 4.69) is 0 Å². The Morgan fingerprint density at radius 2 is 1.79 bits per heavy atom. The third kappa shape index (κ3) is 2.50. The van der Waals surface area contributed by atoms with Gasteiger partial charge < -0.3 is 4.90 Å². The average molecular weight is 257 g/mol. The van der Waals surface area contributed by atoms with Gasteiger partial charge in [0, 0.05) is 18.3 Å². The minimum absolute atomic E-state index is 0.144. The molecular formula is C16H16FNO. The van der Waals surface area contributed by atoms with Crippen molar-refractivity contribution in [1.82, 2.24) is 0 Å². The lowest BCUT2D eigenvalue weighted by Gasteiger charge is -2.24. The second kappa shape index (κ2) is 5.22. The predicted octanol–water partition coefficient (Wildman–Crippen LogP) is 4.10. The first kappa shape index (κ1) is 13.3. The zero-order chi connectivity index (χ0) is 14.0. The molecule has 0 aliphatic rings. The van der Waals surface area contributed by atoms with Gasteiger partial charge in [-0.3, -0.25) is 4.79 Å². The molecule has 0 unspecified atom stereocenters. The highest BCUT2D eigenvalue weighted by molar-refractivity contribution is 6.00. The quantitative estimate of drug-likeness (QED) is 0.771. The molecule has 0 aliphatic heterocycles. The van der Waals surface area contributed by atoms with Crippen LogP contribution in [0.15, 0.2) is 42.5 Å². The van der Waals surface area contributed by atoms with E-state index < -0.39 is 5.82 Å². The van der Waals surface area contributed by atoms with Gasteiger partial charge in [-0.25, -0.2) is 4.39 Å². The van der Waals surface area contributed by atoms with Crippen LogP contribution in [0.4, 0.5) is 15.8 Å². The number of hydrogen-bond acceptors (Lipinski definition) is 2. The summed E-state index contributed by atoms with van der Waals surface area (Å²) in [5, 5.41) is 0. The van der Waals surface area contributed by atoms with Crippen LogP contribution in [-0.2, 0) is 0 Å². The molecule has 19 heavy (non-hydrogen) atoms. The van der Waals surface area contributed by atoms with E-state index in [4.69, 9.17) is 0 Å². The molecular weight excluding hydrogens is 241 g/mol. The highest BCUT2D eigenvalue weighted by Gasteiger charge is 2.17. The Kier molecular flexibility index (Phi) is 3.65. The minimum Gasteiger partial charge on any atom is -0.341 e. The second-order valence-corrected chi connectivity index (χ2v) is 4.54. The molecule has 2 aromatic carbocycles. The number of para-hydroxylation sites is 2. The van der Waals surface area contributed by atoms with Crippen molar-refractivity contribution in [1.29, 1.82) is 0 Å². The van der Waals surface area contributed by atoms with Gasteiger partial charge in [0.25, 0.3) is 0 Å². The molecule has 2 rings (SSSR count). The van der Waals surface area contributed by atoms with Crippen LogP contribution in [0.5, 0.6) is 0 Å². The number of aryl methyl sites for hydroxylation is 1. The first-order valence-corrected chi connectivity index (χ1v) is 6.11. The standard InChI is InChI=1S/C16H16FNO/c1-11-7-4-5-10-15(11)18(3)16-13(12(2)19)8-6-9-14(16)17/h4-10H,1-3H3. The average Bonchev–Trinajstić information content (AvgIpc) is 2.38. The summed E-state index contributed by atoms with van der Waals surface area (Å²) in [6, 6.07) is 12.3. The fraction of sp³-hybridized carbons (Fsp3) is 0.188. The molecule has 0 saturated heterocycles. The van der Waals surface area contributed by atoms with Gasteiger partial charge in [0.1, 0.15) is 5.82 Å². The van der Waals surface area contributed by atoms with Crippen molar-refractivity contribution in [2.45, 2.75) is 13.8 Å². The van der Waals surface area contributed by atoms with Crippen LogP contribution in [-0.4, -0.2) is 12.8 Å². The number of carbonyl (C=O) groups is 1. The molecule has 0 N–H and O–H groups in total. The number of Topliss-reactive ketones (excluding diaryl/α,β-unsaturated/α-hetero) is 1. The molecule has 98 valence electrons. The van der Waals surface area contributed by atoms with Gasteiger partial charge in [0.15, 0.2) is 5.78 Å². The van der Waals surface area contributed by atoms with Crippen LogP contribution >= 0.6 is 0 Å². The first-order chi connectivity index (χ1) is 9.02. The van der Waals surface area contributed by atoms with Crippen molar-refractivity contribution in [2.24, 2.45) is 0 Å². The SMILES string of the molecule is CC(=O)c1cccc(F)c1N(C)c1ccccc1C. The molecule has 0 aliphatic carbocycles. The van der Waals surface area contributed by atoms with Gasteiger partial charge in [-0.1, -0.05) is 24.3 Å². The molecule has 0 aromatic heterocycles. The Balaban J connectivity index is 2.59. The van der Waals surface area contributed by atoms with Gasteiger partial charge >= 0.3 is 0 Å². The molecule has 0 amide bonds. The zero-order valence-electron chi connectivity index (χ0n) is 11.3. The van der Waals surface area contributed by atoms with Crippen LogP contribution in [0.3, 0.4) is 0 Å². The number of carbonyl (C=O) groups excluding carboxylic acids is 1. The Morgan fingerprint density at radius 1 is 1.11 bits per heavy atom. The molecule has 2 aromatic rings. The number of nitrogens with zero attached hydrogens (tertiary/aromatic N) is 1. The van der Waals surface area contributed by atoms with Crippen LogP contribution in [0.2, 0.25) is 0 Å². The van der Waals surface area contributed by atoms with Gasteiger partial charge in [0.05, 0.1) is 5.69 Å². The second-order valence-electron chi connectivity index (χ2n) is 4.54. The highest BCUT2D eigenvalue weighted by Crippen LogP contribution is 2.31. The van der Waals surface area contributed by atoms with Crippen molar-refractivity contribution in [3.8, 4) is 0 Å². The summed E-state index contributed by atoms with van der Waals surface area (Å²) >= 11 is 0. The fourth-order valence-corrected chi connectivity index (χ4v) is 2.20. The minimum atomic E-state index is -0.390.